The Morgan fingerprint density at radius 1 is 0.905 bits per heavy atom. The number of rotatable bonds is 10. The summed E-state index contributed by atoms with van der Waals surface area (Å²) in [4.78, 5) is 40.1. The van der Waals surface area contributed by atoms with Gasteiger partial charge in [0, 0.05) is 37.5 Å². The summed E-state index contributed by atoms with van der Waals surface area (Å²) >= 11 is 0. The van der Waals surface area contributed by atoms with Gasteiger partial charge in [-0.1, -0.05) is 78.9 Å². The molecule has 2 aliphatic rings. The van der Waals surface area contributed by atoms with E-state index in [4.69, 9.17) is 4.74 Å². The fourth-order valence-electron chi connectivity index (χ4n) is 6.31. The number of likely N-dealkylation sites (tertiary alicyclic amines) is 1. The number of benzene rings is 3. The topological polar surface area (TPSA) is 108 Å². The summed E-state index contributed by atoms with van der Waals surface area (Å²) in [5, 5.41) is 15.5. The first-order chi connectivity index (χ1) is 20.1. The first kappa shape index (κ1) is 29.3. The second kappa shape index (κ2) is 12.4. The lowest BCUT2D eigenvalue weighted by molar-refractivity contribution is -0.140. The Kier molecular flexibility index (Phi) is 8.64. The van der Waals surface area contributed by atoms with Crippen LogP contribution in [0.4, 0.5) is 4.79 Å². The normalized spacial score (nSPS) is 16.2. The molecule has 220 valence electrons. The number of nitrogens with zero attached hydrogens (tertiary/aromatic N) is 1. The third kappa shape index (κ3) is 6.99. The number of nitrogens with one attached hydrogen (secondary N) is 2. The quantitative estimate of drug-likeness (QED) is 0.305. The maximum atomic E-state index is 13.2. The fraction of sp³-hybridized carbons (Fsp3) is 0.382. The largest absolute Gasteiger partial charge is 0.481 e. The molecule has 3 aromatic rings. The van der Waals surface area contributed by atoms with E-state index in [0.29, 0.717) is 25.9 Å². The molecule has 1 fully saturated rings. The van der Waals surface area contributed by atoms with E-state index in [9.17, 15) is 19.5 Å². The van der Waals surface area contributed by atoms with E-state index < -0.39 is 23.1 Å². The molecule has 0 atom stereocenters. The molecular formula is C34H39N3O5. The highest BCUT2D eigenvalue weighted by molar-refractivity contribution is 5.81. The van der Waals surface area contributed by atoms with Crippen LogP contribution < -0.4 is 10.6 Å². The average molecular weight is 570 g/mol. The first-order valence-corrected chi connectivity index (χ1v) is 14.6. The van der Waals surface area contributed by atoms with Gasteiger partial charge in [0.05, 0.1) is 12.0 Å². The second-order valence-electron chi connectivity index (χ2n) is 12.2. The number of carboxylic acids is 1. The SMILES string of the molecule is CC(C)(CC(=O)NC1(CC(=O)O)CCN(Cc2ccccc2)CC1)NC(=O)OCC1c2ccccc2-c2ccccc21. The van der Waals surface area contributed by atoms with E-state index in [1.54, 1.807) is 13.8 Å². The lowest BCUT2D eigenvalue weighted by Gasteiger charge is -2.42. The molecule has 8 heteroatoms. The van der Waals surface area contributed by atoms with Gasteiger partial charge in [-0.2, -0.15) is 0 Å². The summed E-state index contributed by atoms with van der Waals surface area (Å²) in [5.41, 5.74) is 4.04. The Morgan fingerprint density at radius 2 is 1.48 bits per heavy atom. The van der Waals surface area contributed by atoms with Crippen LogP contribution >= 0.6 is 0 Å². The van der Waals surface area contributed by atoms with Gasteiger partial charge in [-0.3, -0.25) is 14.5 Å². The highest BCUT2D eigenvalue weighted by Crippen LogP contribution is 2.44. The molecule has 0 spiro atoms. The number of aliphatic carboxylic acids is 1. The highest BCUT2D eigenvalue weighted by atomic mass is 16.5. The van der Waals surface area contributed by atoms with Gasteiger partial charge >= 0.3 is 12.1 Å². The molecule has 1 heterocycles. The van der Waals surface area contributed by atoms with E-state index in [2.05, 4.69) is 51.9 Å². The van der Waals surface area contributed by atoms with E-state index in [-0.39, 0.29) is 31.3 Å². The standard InChI is InChI=1S/C34H39N3O5/c1-33(2,36-32(41)42-23-29-27-14-8-6-12-25(27)26-13-7-9-15-28(26)29)20-30(38)35-34(21-31(39)40)16-18-37(19-17-34)22-24-10-4-3-5-11-24/h3-15,29H,16-23H2,1-2H3,(H,35,38)(H,36,41)(H,39,40). The summed E-state index contributed by atoms with van der Waals surface area (Å²) in [6.45, 7) is 5.87. The maximum absolute atomic E-state index is 13.2. The molecule has 0 bridgehead atoms. The molecular weight excluding hydrogens is 530 g/mol. The van der Waals surface area contributed by atoms with Gasteiger partial charge in [0.25, 0.3) is 0 Å². The van der Waals surface area contributed by atoms with Gasteiger partial charge in [0.2, 0.25) is 5.91 Å². The molecule has 0 radical (unpaired) electrons. The van der Waals surface area contributed by atoms with Gasteiger partial charge < -0.3 is 20.5 Å². The molecule has 3 aromatic carbocycles. The van der Waals surface area contributed by atoms with E-state index in [1.165, 1.54) is 5.56 Å². The van der Waals surface area contributed by atoms with Gasteiger partial charge in [-0.15, -0.1) is 0 Å². The van der Waals surface area contributed by atoms with Crippen LogP contribution in [0.2, 0.25) is 0 Å². The maximum Gasteiger partial charge on any atom is 0.407 e. The summed E-state index contributed by atoms with van der Waals surface area (Å²) in [6, 6.07) is 26.4. The molecule has 0 aromatic heterocycles. The van der Waals surface area contributed by atoms with Crippen LogP contribution in [0.1, 0.15) is 62.1 Å². The number of ether oxygens (including phenoxy) is 1. The number of alkyl carbamates (subject to hydrolysis) is 1. The van der Waals surface area contributed by atoms with Crippen molar-refractivity contribution in [1.82, 2.24) is 15.5 Å². The number of fused-ring (bicyclic) bond motifs is 3. The Bertz CT molecular complexity index is 1380. The minimum absolute atomic E-state index is 0.00764. The van der Waals surface area contributed by atoms with Crippen LogP contribution in [0.25, 0.3) is 11.1 Å². The van der Waals surface area contributed by atoms with Crippen molar-refractivity contribution >= 4 is 18.0 Å². The summed E-state index contributed by atoms with van der Waals surface area (Å²) < 4.78 is 5.68. The zero-order valence-corrected chi connectivity index (χ0v) is 24.3. The van der Waals surface area contributed by atoms with Crippen molar-refractivity contribution in [3.63, 3.8) is 0 Å². The first-order valence-electron chi connectivity index (χ1n) is 14.6. The van der Waals surface area contributed by atoms with E-state index in [1.807, 2.05) is 42.5 Å². The number of carboxylic acid groups (broad SMARTS) is 1. The van der Waals surface area contributed by atoms with Crippen molar-refractivity contribution in [1.29, 1.82) is 0 Å². The zero-order valence-electron chi connectivity index (χ0n) is 24.3. The van der Waals surface area contributed by atoms with Crippen LogP contribution in [0.15, 0.2) is 78.9 Å². The predicted molar refractivity (Wildman–Crippen MR) is 161 cm³/mol. The smallest absolute Gasteiger partial charge is 0.407 e. The van der Waals surface area contributed by atoms with E-state index >= 15 is 0 Å². The molecule has 1 saturated heterocycles. The molecule has 8 nitrogen and oxygen atoms in total. The van der Waals surface area contributed by atoms with E-state index in [0.717, 1.165) is 28.8 Å². The lowest BCUT2D eigenvalue weighted by atomic mass is 9.83. The Morgan fingerprint density at radius 3 is 2.07 bits per heavy atom. The minimum Gasteiger partial charge on any atom is -0.481 e. The monoisotopic (exact) mass is 569 g/mol. The molecule has 1 aliphatic carbocycles. The van der Waals surface area contributed by atoms with Gasteiger partial charge in [-0.25, -0.2) is 4.79 Å². The van der Waals surface area contributed by atoms with Crippen LogP contribution in [0.3, 0.4) is 0 Å². The summed E-state index contributed by atoms with van der Waals surface area (Å²) in [5.74, 6) is -1.29. The van der Waals surface area contributed by atoms with Crippen molar-refractivity contribution in [3.05, 3.63) is 95.6 Å². The Balaban J connectivity index is 1.14. The molecule has 3 N–H and O–H groups in total. The second-order valence-corrected chi connectivity index (χ2v) is 12.2. The van der Waals surface area contributed by atoms with Crippen LogP contribution in [-0.2, 0) is 20.9 Å². The number of hydrogen-bond acceptors (Lipinski definition) is 5. The lowest BCUT2D eigenvalue weighted by Crippen LogP contribution is -2.57. The van der Waals surface area contributed by atoms with Crippen molar-refractivity contribution in [3.8, 4) is 11.1 Å². The third-order valence-electron chi connectivity index (χ3n) is 8.34. The van der Waals surface area contributed by atoms with Gasteiger partial charge in [0.1, 0.15) is 6.61 Å². The Hall–Kier alpha value is -4.17. The molecule has 2 amide bonds. The number of amides is 2. The predicted octanol–water partition coefficient (Wildman–Crippen LogP) is 5.32. The van der Waals surface area contributed by atoms with Crippen LogP contribution in [-0.4, -0.2) is 58.8 Å². The van der Waals surface area contributed by atoms with Gasteiger partial charge in [-0.05, 0) is 54.5 Å². The average Bonchev–Trinajstić information content (AvgIpc) is 3.26. The molecule has 5 rings (SSSR count). The summed E-state index contributed by atoms with van der Waals surface area (Å²) in [7, 11) is 0. The Labute approximate surface area is 247 Å². The number of carbonyl (C=O) groups is 3. The minimum atomic E-state index is -0.942. The molecule has 1 aliphatic heterocycles. The van der Waals surface area contributed by atoms with Crippen molar-refractivity contribution in [2.45, 2.75) is 63.1 Å². The van der Waals surface area contributed by atoms with Crippen LogP contribution in [0.5, 0.6) is 0 Å². The molecule has 42 heavy (non-hydrogen) atoms. The van der Waals surface area contributed by atoms with Gasteiger partial charge in [0.15, 0.2) is 0 Å². The number of hydrogen-bond donors (Lipinski definition) is 3. The number of piperidine rings is 1. The third-order valence-corrected chi connectivity index (χ3v) is 8.34. The van der Waals surface area contributed by atoms with Crippen molar-refractivity contribution < 1.29 is 24.2 Å². The van der Waals surface area contributed by atoms with Crippen molar-refractivity contribution in [2.75, 3.05) is 19.7 Å². The fourth-order valence-corrected chi connectivity index (χ4v) is 6.31. The zero-order chi connectivity index (χ0) is 29.7. The number of carbonyl (C=O) groups excluding carboxylic acids is 2. The van der Waals surface area contributed by atoms with Crippen LogP contribution in [0, 0.1) is 0 Å². The molecule has 0 unspecified atom stereocenters. The highest BCUT2D eigenvalue weighted by Gasteiger charge is 2.39. The summed E-state index contributed by atoms with van der Waals surface area (Å²) in [6.07, 6.45) is 0.338. The van der Waals surface area contributed by atoms with Crippen molar-refractivity contribution in [2.24, 2.45) is 0 Å². The molecule has 0 saturated carbocycles.